The molecule has 0 aliphatic heterocycles. The van der Waals surface area contributed by atoms with Crippen LogP contribution in [-0.2, 0) is 40.5 Å². The second-order valence-electron chi connectivity index (χ2n) is 0. The summed E-state index contributed by atoms with van der Waals surface area (Å²) in [4.78, 5) is 0. The van der Waals surface area contributed by atoms with Gasteiger partial charge in [-0.1, -0.05) is 0 Å². The molecule has 0 heterocycles. The normalized spacial score (nSPS) is 0. The zero-order chi connectivity index (χ0) is 0. The Balaban J connectivity index is 0. The van der Waals surface area contributed by atoms with Crippen molar-refractivity contribution in [3.05, 3.63) is 0 Å². The Morgan fingerprint density at radius 1 is 0.273 bits per heavy atom. The third kappa shape index (κ3) is 129. The summed E-state index contributed by atoms with van der Waals surface area (Å²) in [6.07, 6.45) is 0. The van der Waals surface area contributed by atoms with E-state index in [1.165, 1.54) is 0 Å². The van der Waals surface area contributed by atoms with Crippen LogP contribution in [0.25, 0.3) is 0 Å². The first-order chi connectivity index (χ1) is 0. The molecule has 11 heavy (non-hydrogen) atoms. The molecule has 0 aliphatic rings. The maximum absolute atomic E-state index is 0. The van der Waals surface area contributed by atoms with Crippen LogP contribution in [-0.4, -0.2) is 0 Å². The Hall–Kier alpha value is 3.92. The molecule has 84 valence electrons. The van der Waals surface area contributed by atoms with Gasteiger partial charge in [0.25, 0.3) is 0 Å². The van der Waals surface area contributed by atoms with E-state index in [-0.39, 0.29) is 152 Å². The first kappa shape index (κ1) is 188. The maximum atomic E-state index is 0. The van der Waals surface area contributed by atoms with Gasteiger partial charge in [0.15, 0.2) is 0 Å². The Morgan fingerprint density at radius 3 is 0.273 bits per heavy atom. The minimum atomic E-state index is 0. The molecule has 0 aromatic carbocycles. The average Bonchev–Trinajstić information content (AvgIpc) is 0. The van der Waals surface area contributed by atoms with Crippen molar-refractivity contribution >= 4 is 0 Å². The van der Waals surface area contributed by atoms with E-state index < -0.39 is 0 Å². The fourth-order valence-electron chi connectivity index (χ4n) is 0. The van der Waals surface area contributed by atoms with Crippen LogP contribution < -0.4 is 112 Å². The summed E-state index contributed by atoms with van der Waals surface area (Å²) in [5, 5.41) is 0. The van der Waals surface area contributed by atoms with E-state index in [0.29, 0.717) is 0 Å². The standard InChI is InChI=1S/9ClH.Mo.Rh/h9*1H;;/q;;;;;;;;;;+3/p-9. The number of rotatable bonds is 0. The molecular weight excluding hydrogens is 518 g/mol. The van der Waals surface area contributed by atoms with Crippen molar-refractivity contribution in [1.29, 1.82) is 0 Å². The van der Waals surface area contributed by atoms with E-state index >= 15 is 0 Å². The van der Waals surface area contributed by atoms with E-state index in [2.05, 4.69) is 0 Å². The third-order valence-corrected chi connectivity index (χ3v) is 0. The molecule has 0 atom stereocenters. The average molecular weight is 518 g/mol. The number of halogens is 9. The molecule has 0 rings (SSSR count). The van der Waals surface area contributed by atoms with Crippen LogP contribution in [0.3, 0.4) is 0 Å². The van der Waals surface area contributed by atoms with Crippen LogP contribution in [0.15, 0.2) is 0 Å². The van der Waals surface area contributed by atoms with Crippen LogP contribution in [0.4, 0.5) is 0 Å². The van der Waals surface area contributed by atoms with Crippen LogP contribution >= 0.6 is 0 Å². The van der Waals surface area contributed by atoms with E-state index in [9.17, 15) is 0 Å². The van der Waals surface area contributed by atoms with Crippen molar-refractivity contribution in [2.75, 3.05) is 0 Å². The molecule has 0 aromatic rings. The van der Waals surface area contributed by atoms with Gasteiger partial charge < -0.3 is 112 Å². The SMILES string of the molecule is [Cl-].[Cl-].[Cl-].[Cl-].[Cl-].[Cl-].[Cl-].[Cl-].[Cl-].[Mo].[Rh+3]. The van der Waals surface area contributed by atoms with E-state index in [4.69, 9.17) is 0 Å². The summed E-state index contributed by atoms with van der Waals surface area (Å²) in [5.74, 6) is 0. The Morgan fingerprint density at radius 2 is 0.273 bits per heavy atom. The zero-order valence-corrected chi connectivity index (χ0v) is 14.6. The summed E-state index contributed by atoms with van der Waals surface area (Å²) in [7, 11) is 0. The maximum Gasteiger partial charge on any atom is 3.00 e. The molecule has 0 spiro atoms. The molecule has 0 N–H and O–H groups in total. The molecule has 0 fully saturated rings. The zero-order valence-electron chi connectivity index (χ0n) is 4.14. The van der Waals surface area contributed by atoms with E-state index in [1.807, 2.05) is 0 Å². The molecule has 0 bridgehead atoms. The predicted molar refractivity (Wildman–Crippen MR) is 0 cm³/mol. The molecule has 0 radical (unpaired) electrons. The summed E-state index contributed by atoms with van der Waals surface area (Å²) in [6.45, 7) is 0. The minimum Gasteiger partial charge on any atom is -1.00 e. The first-order valence-corrected chi connectivity index (χ1v) is 0. The fraction of sp³-hybridized carbons (Fsp3) is 0. The van der Waals surface area contributed by atoms with E-state index in [1.54, 1.807) is 0 Å². The van der Waals surface area contributed by atoms with Crippen LogP contribution in [0.2, 0.25) is 0 Å². The van der Waals surface area contributed by atoms with Crippen molar-refractivity contribution in [3.63, 3.8) is 0 Å². The van der Waals surface area contributed by atoms with E-state index in [0.717, 1.165) is 0 Å². The van der Waals surface area contributed by atoms with Gasteiger partial charge in [-0.15, -0.1) is 0 Å². The van der Waals surface area contributed by atoms with Gasteiger partial charge >= 0.3 is 19.5 Å². The van der Waals surface area contributed by atoms with Gasteiger partial charge in [-0.05, 0) is 0 Å². The Labute approximate surface area is 150 Å². The largest absolute Gasteiger partial charge is 3.00 e. The van der Waals surface area contributed by atoms with Crippen molar-refractivity contribution in [2.24, 2.45) is 0 Å². The quantitative estimate of drug-likeness (QED) is 0.280. The van der Waals surface area contributed by atoms with Gasteiger partial charge in [0.1, 0.15) is 0 Å². The fourth-order valence-corrected chi connectivity index (χ4v) is 0. The predicted octanol–water partition coefficient (Wildman–Crippen LogP) is -27.0. The van der Waals surface area contributed by atoms with Crippen LogP contribution in [0, 0.1) is 0 Å². The molecule has 0 unspecified atom stereocenters. The van der Waals surface area contributed by atoms with Gasteiger partial charge in [0.2, 0.25) is 0 Å². The van der Waals surface area contributed by atoms with Gasteiger partial charge in [-0.25, -0.2) is 0 Å². The van der Waals surface area contributed by atoms with Crippen molar-refractivity contribution in [2.45, 2.75) is 0 Å². The smallest absolute Gasteiger partial charge is 1.00 e. The topological polar surface area (TPSA) is 0 Å². The Kier molecular flexibility index (Phi) is 2580. The summed E-state index contributed by atoms with van der Waals surface area (Å²) >= 11 is 0. The van der Waals surface area contributed by atoms with Crippen molar-refractivity contribution in [1.82, 2.24) is 0 Å². The third-order valence-electron chi connectivity index (χ3n) is 0. The molecule has 0 aromatic heterocycles. The number of hydrogen-bond acceptors (Lipinski definition) is 0. The molecular formula is Cl9MoRh-6. The van der Waals surface area contributed by atoms with Gasteiger partial charge in [-0.3, -0.25) is 0 Å². The van der Waals surface area contributed by atoms with Crippen molar-refractivity contribution in [3.8, 4) is 0 Å². The van der Waals surface area contributed by atoms with Crippen molar-refractivity contribution < 1.29 is 152 Å². The summed E-state index contributed by atoms with van der Waals surface area (Å²) < 4.78 is 0. The van der Waals surface area contributed by atoms with Gasteiger partial charge in [-0.2, -0.15) is 0 Å². The summed E-state index contributed by atoms with van der Waals surface area (Å²) in [5.41, 5.74) is 0. The van der Waals surface area contributed by atoms with Crippen LogP contribution in [0.5, 0.6) is 0 Å². The van der Waals surface area contributed by atoms with Gasteiger partial charge in [0.05, 0.1) is 0 Å². The first-order valence-electron chi connectivity index (χ1n) is 0. The summed E-state index contributed by atoms with van der Waals surface area (Å²) in [6, 6.07) is 0. The molecule has 0 saturated carbocycles. The molecule has 0 nitrogen and oxygen atoms in total. The van der Waals surface area contributed by atoms with Crippen LogP contribution in [0.1, 0.15) is 0 Å². The number of hydrogen-bond donors (Lipinski definition) is 0. The second-order valence-corrected chi connectivity index (χ2v) is 0. The molecule has 11 heteroatoms. The van der Waals surface area contributed by atoms with Gasteiger partial charge in [0, 0.05) is 21.1 Å². The Bertz CT molecular complexity index is 9.52. The molecule has 0 amide bonds. The minimum absolute atomic E-state index is 0. The monoisotopic (exact) mass is 516 g/mol. The second kappa shape index (κ2) is 151. The molecule has 0 saturated heterocycles. The molecule has 0 aliphatic carbocycles.